The molecule has 78 valence electrons. The van der Waals surface area contributed by atoms with Gasteiger partial charge in [-0.15, -0.1) is 10.2 Å². The number of hydrogen-bond acceptors (Lipinski definition) is 5. The van der Waals surface area contributed by atoms with Crippen LogP contribution in [0, 0.1) is 6.92 Å². The van der Waals surface area contributed by atoms with Crippen molar-refractivity contribution < 1.29 is 0 Å². The summed E-state index contributed by atoms with van der Waals surface area (Å²) in [6.45, 7) is 1.86. The van der Waals surface area contributed by atoms with Gasteiger partial charge in [0.15, 0.2) is 5.15 Å². The second-order valence-corrected chi connectivity index (χ2v) is 4.17. The third-order valence-electron chi connectivity index (χ3n) is 1.61. The quantitative estimate of drug-likeness (QED) is 0.831. The number of nitrogens with one attached hydrogen (secondary N) is 1. The van der Waals surface area contributed by atoms with Crippen molar-refractivity contribution in [2.75, 3.05) is 0 Å². The Morgan fingerprint density at radius 2 is 2.27 bits per heavy atom. The number of rotatable bonds is 3. The van der Waals surface area contributed by atoms with Crippen LogP contribution in [0.15, 0.2) is 17.3 Å². The zero-order chi connectivity index (χ0) is 10.7. The molecule has 2 aromatic heterocycles. The Morgan fingerprint density at radius 1 is 1.40 bits per heavy atom. The summed E-state index contributed by atoms with van der Waals surface area (Å²) in [4.78, 5) is 4.17. The van der Waals surface area contributed by atoms with Crippen LogP contribution < -0.4 is 0 Å². The van der Waals surface area contributed by atoms with Gasteiger partial charge in [0.2, 0.25) is 5.16 Å². The molecule has 0 spiro atoms. The van der Waals surface area contributed by atoms with E-state index < -0.39 is 0 Å². The summed E-state index contributed by atoms with van der Waals surface area (Å²) in [5.41, 5.74) is 0.854. The second kappa shape index (κ2) is 4.59. The van der Waals surface area contributed by atoms with E-state index in [1.165, 1.54) is 11.8 Å². The Kier molecular flexibility index (Phi) is 3.17. The molecule has 0 bridgehead atoms. The largest absolute Gasteiger partial charge is 0.262 e. The highest BCUT2D eigenvalue weighted by molar-refractivity contribution is 7.98. The minimum absolute atomic E-state index is 0.400. The van der Waals surface area contributed by atoms with Gasteiger partial charge in [0.05, 0.1) is 5.69 Å². The number of nitrogens with zero attached hydrogens (tertiary/aromatic N) is 4. The maximum Gasteiger partial charge on any atom is 0.208 e. The van der Waals surface area contributed by atoms with E-state index >= 15 is 0 Å². The third-order valence-corrected chi connectivity index (χ3v) is 2.70. The molecule has 0 saturated carbocycles. The summed E-state index contributed by atoms with van der Waals surface area (Å²) in [5.74, 6) is 1.49. The van der Waals surface area contributed by atoms with Crippen LogP contribution in [0.5, 0.6) is 0 Å². The summed E-state index contributed by atoms with van der Waals surface area (Å²) < 4.78 is 0. The lowest BCUT2D eigenvalue weighted by Gasteiger charge is -1.95. The fourth-order valence-electron chi connectivity index (χ4n) is 0.946. The number of thioether (sulfide) groups is 1. The average Bonchev–Trinajstić information content (AvgIpc) is 2.64. The van der Waals surface area contributed by atoms with Crippen molar-refractivity contribution >= 4 is 23.4 Å². The number of H-pyrrole nitrogens is 1. The minimum atomic E-state index is 0.400. The number of aryl methyl sites for hydroxylation is 1. The Labute approximate surface area is 95.7 Å². The normalized spacial score (nSPS) is 10.5. The first-order valence-corrected chi connectivity index (χ1v) is 5.60. The second-order valence-electron chi connectivity index (χ2n) is 2.84. The first-order valence-electron chi connectivity index (χ1n) is 4.24. The summed E-state index contributed by atoms with van der Waals surface area (Å²) in [5, 5.41) is 15.6. The first kappa shape index (κ1) is 10.4. The highest BCUT2D eigenvalue weighted by Crippen LogP contribution is 2.17. The SMILES string of the molecule is Cc1nc(SCc2ccc(Cl)nn2)n[nH]1. The Morgan fingerprint density at radius 3 is 2.87 bits per heavy atom. The molecule has 0 aliphatic rings. The molecule has 0 atom stereocenters. The van der Waals surface area contributed by atoms with E-state index in [0.717, 1.165) is 11.5 Å². The molecule has 5 nitrogen and oxygen atoms in total. The molecule has 0 fully saturated rings. The predicted octanol–water partition coefficient (Wildman–Crippen LogP) is 1.85. The van der Waals surface area contributed by atoms with Gasteiger partial charge in [-0.3, -0.25) is 5.10 Å². The van der Waals surface area contributed by atoms with Gasteiger partial charge >= 0.3 is 0 Å². The molecule has 0 radical (unpaired) electrons. The van der Waals surface area contributed by atoms with Crippen LogP contribution in [0.1, 0.15) is 11.5 Å². The van der Waals surface area contributed by atoms with Gasteiger partial charge < -0.3 is 0 Å². The molecule has 0 amide bonds. The standard InChI is InChI=1S/C8H8ClN5S/c1-5-10-8(14-11-5)15-4-6-2-3-7(9)13-12-6/h2-3H,4H2,1H3,(H,10,11,14). The van der Waals surface area contributed by atoms with Crippen molar-refractivity contribution in [3.05, 3.63) is 28.8 Å². The Bertz CT molecular complexity index is 441. The van der Waals surface area contributed by atoms with Crippen LogP contribution in [-0.4, -0.2) is 25.4 Å². The lowest BCUT2D eigenvalue weighted by molar-refractivity contribution is 0.953. The van der Waals surface area contributed by atoms with E-state index in [0.29, 0.717) is 16.1 Å². The molecular formula is C8H8ClN5S. The van der Waals surface area contributed by atoms with Gasteiger partial charge in [0.1, 0.15) is 5.82 Å². The zero-order valence-electron chi connectivity index (χ0n) is 7.94. The van der Waals surface area contributed by atoms with E-state index in [1.807, 2.05) is 13.0 Å². The van der Waals surface area contributed by atoms with E-state index in [-0.39, 0.29) is 0 Å². The van der Waals surface area contributed by atoms with Crippen molar-refractivity contribution in [3.8, 4) is 0 Å². The number of hydrogen-bond donors (Lipinski definition) is 1. The molecule has 0 aromatic carbocycles. The average molecular weight is 242 g/mol. The smallest absolute Gasteiger partial charge is 0.208 e. The molecule has 7 heteroatoms. The fraction of sp³-hybridized carbons (Fsp3) is 0.250. The van der Waals surface area contributed by atoms with Gasteiger partial charge in [-0.1, -0.05) is 23.4 Å². The van der Waals surface area contributed by atoms with Crippen LogP contribution in [0.4, 0.5) is 0 Å². The molecule has 1 N–H and O–H groups in total. The lowest BCUT2D eigenvalue weighted by atomic mass is 10.4. The first-order chi connectivity index (χ1) is 7.24. The van der Waals surface area contributed by atoms with E-state index in [4.69, 9.17) is 11.6 Å². The van der Waals surface area contributed by atoms with Crippen molar-refractivity contribution in [2.45, 2.75) is 17.8 Å². The zero-order valence-corrected chi connectivity index (χ0v) is 9.51. The van der Waals surface area contributed by atoms with Gasteiger partial charge in [-0.2, -0.15) is 5.10 Å². The maximum atomic E-state index is 5.62. The number of halogens is 1. The van der Waals surface area contributed by atoms with Gasteiger partial charge in [-0.05, 0) is 19.1 Å². The molecule has 0 unspecified atom stereocenters. The summed E-state index contributed by atoms with van der Waals surface area (Å²) in [6, 6.07) is 3.55. The summed E-state index contributed by atoms with van der Waals surface area (Å²) in [7, 11) is 0. The molecule has 2 aromatic rings. The van der Waals surface area contributed by atoms with E-state index in [1.54, 1.807) is 6.07 Å². The predicted molar refractivity (Wildman–Crippen MR) is 57.7 cm³/mol. The van der Waals surface area contributed by atoms with Crippen molar-refractivity contribution in [3.63, 3.8) is 0 Å². The molecule has 15 heavy (non-hydrogen) atoms. The molecular weight excluding hydrogens is 234 g/mol. The van der Waals surface area contributed by atoms with Gasteiger partial charge in [0.25, 0.3) is 0 Å². The van der Waals surface area contributed by atoms with Crippen LogP contribution in [0.3, 0.4) is 0 Å². The van der Waals surface area contributed by atoms with Crippen LogP contribution in [-0.2, 0) is 5.75 Å². The van der Waals surface area contributed by atoms with Gasteiger partial charge in [0, 0.05) is 5.75 Å². The van der Waals surface area contributed by atoms with Crippen LogP contribution in [0.25, 0.3) is 0 Å². The Hall–Kier alpha value is -1.14. The van der Waals surface area contributed by atoms with Gasteiger partial charge in [-0.25, -0.2) is 4.98 Å². The molecule has 0 saturated heterocycles. The van der Waals surface area contributed by atoms with Crippen molar-refractivity contribution in [1.82, 2.24) is 25.4 Å². The van der Waals surface area contributed by atoms with E-state index in [9.17, 15) is 0 Å². The summed E-state index contributed by atoms with van der Waals surface area (Å²) in [6.07, 6.45) is 0. The number of aromatic amines is 1. The Balaban J connectivity index is 1.96. The third kappa shape index (κ3) is 2.90. The molecule has 2 rings (SSSR count). The van der Waals surface area contributed by atoms with Crippen molar-refractivity contribution in [2.24, 2.45) is 0 Å². The van der Waals surface area contributed by atoms with E-state index in [2.05, 4.69) is 25.4 Å². The van der Waals surface area contributed by atoms with Crippen molar-refractivity contribution in [1.29, 1.82) is 0 Å². The number of aromatic nitrogens is 5. The van der Waals surface area contributed by atoms with Crippen LogP contribution in [0.2, 0.25) is 5.15 Å². The van der Waals surface area contributed by atoms with Crippen LogP contribution >= 0.6 is 23.4 Å². The molecule has 0 aliphatic carbocycles. The highest BCUT2D eigenvalue weighted by Gasteiger charge is 2.02. The maximum absolute atomic E-state index is 5.62. The molecule has 2 heterocycles. The fourth-order valence-corrected chi connectivity index (χ4v) is 1.79. The lowest BCUT2D eigenvalue weighted by Crippen LogP contribution is -1.90. The molecule has 0 aliphatic heterocycles. The minimum Gasteiger partial charge on any atom is -0.262 e. The monoisotopic (exact) mass is 241 g/mol. The topological polar surface area (TPSA) is 67.3 Å². The highest BCUT2D eigenvalue weighted by atomic mass is 35.5. The summed E-state index contributed by atoms with van der Waals surface area (Å²) >= 11 is 7.12.